The highest BCUT2D eigenvalue weighted by molar-refractivity contribution is 7.91. The lowest BCUT2D eigenvalue weighted by Gasteiger charge is -2.24. The molecule has 2 amide bonds. The van der Waals surface area contributed by atoms with Crippen LogP contribution in [0.5, 0.6) is 0 Å². The highest BCUT2D eigenvalue weighted by Gasteiger charge is 2.54. The number of carbonyl (C=O) groups excluding carboxylic acids is 1. The highest BCUT2D eigenvalue weighted by atomic mass is 32.2. The van der Waals surface area contributed by atoms with Crippen LogP contribution in [0.4, 0.5) is 14.9 Å². The Labute approximate surface area is 158 Å². The molecule has 0 unspecified atom stereocenters. The molecule has 0 aromatic heterocycles. The number of nitrogens with zero attached hydrogens (tertiary/aromatic N) is 2. The van der Waals surface area contributed by atoms with E-state index in [1.807, 2.05) is 32.0 Å². The normalized spacial score (nSPS) is 23.7. The number of sulfone groups is 1. The fraction of sp³-hybridized carbons (Fsp3) is 0.350. The molecule has 2 aromatic carbocycles. The number of fused-ring (bicyclic) bond motifs is 1. The molecule has 2 saturated heterocycles. The summed E-state index contributed by atoms with van der Waals surface area (Å²) in [6.45, 7) is 4.04. The Kier molecular flexibility index (Phi) is 4.22. The molecule has 2 heterocycles. The second-order valence-corrected chi connectivity index (χ2v) is 9.57. The Hall–Kier alpha value is -2.41. The van der Waals surface area contributed by atoms with Gasteiger partial charge in [-0.3, -0.25) is 4.90 Å². The van der Waals surface area contributed by atoms with Crippen molar-refractivity contribution in [3.63, 3.8) is 0 Å². The number of urea groups is 1. The zero-order valence-corrected chi connectivity index (χ0v) is 16.0. The summed E-state index contributed by atoms with van der Waals surface area (Å²) in [5, 5.41) is 0. The van der Waals surface area contributed by atoms with E-state index in [4.69, 9.17) is 0 Å². The quantitative estimate of drug-likeness (QED) is 0.760. The van der Waals surface area contributed by atoms with Gasteiger partial charge in [-0.2, -0.15) is 0 Å². The van der Waals surface area contributed by atoms with E-state index in [0.717, 1.165) is 16.8 Å². The van der Waals surface area contributed by atoms with Crippen LogP contribution in [0.1, 0.15) is 16.7 Å². The lowest BCUT2D eigenvalue weighted by Crippen LogP contribution is -2.38. The van der Waals surface area contributed by atoms with E-state index in [0.29, 0.717) is 5.56 Å². The van der Waals surface area contributed by atoms with Crippen molar-refractivity contribution < 1.29 is 17.6 Å². The SMILES string of the molecule is Cc1ccc(C)c(N2C(=O)N(Cc3cccc(F)c3)[C@H]3CS(=O)(=O)C[C@@H]32)c1. The highest BCUT2D eigenvalue weighted by Crippen LogP contribution is 2.37. The number of aryl methyl sites for hydroxylation is 2. The minimum atomic E-state index is -3.24. The summed E-state index contributed by atoms with van der Waals surface area (Å²) in [6.07, 6.45) is 0. The molecule has 142 valence electrons. The van der Waals surface area contributed by atoms with E-state index < -0.39 is 21.9 Å². The molecular weight excluding hydrogens is 367 g/mol. The average molecular weight is 388 g/mol. The van der Waals surface area contributed by atoms with Gasteiger partial charge in [0.05, 0.1) is 23.6 Å². The van der Waals surface area contributed by atoms with Crippen LogP contribution in [-0.4, -0.2) is 42.9 Å². The molecule has 0 aliphatic carbocycles. The molecule has 7 heteroatoms. The summed E-state index contributed by atoms with van der Waals surface area (Å²) in [6, 6.07) is 10.8. The first-order valence-corrected chi connectivity index (χ1v) is 10.7. The molecular formula is C20H21FN2O3S. The van der Waals surface area contributed by atoms with Crippen LogP contribution in [-0.2, 0) is 16.4 Å². The van der Waals surface area contributed by atoms with Gasteiger partial charge in [-0.1, -0.05) is 24.3 Å². The van der Waals surface area contributed by atoms with Gasteiger partial charge >= 0.3 is 6.03 Å². The van der Waals surface area contributed by atoms with Gasteiger partial charge in [-0.15, -0.1) is 0 Å². The predicted octanol–water partition coefficient (Wildman–Crippen LogP) is 3.05. The Morgan fingerprint density at radius 1 is 1.07 bits per heavy atom. The zero-order chi connectivity index (χ0) is 19.3. The molecule has 0 saturated carbocycles. The van der Waals surface area contributed by atoms with E-state index >= 15 is 0 Å². The molecule has 4 rings (SSSR count). The van der Waals surface area contributed by atoms with Gasteiger partial charge < -0.3 is 4.90 Å². The summed E-state index contributed by atoms with van der Waals surface area (Å²) >= 11 is 0. The van der Waals surface area contributed by atoms with E-state index in [-0.39, 0.29) is 29.9 Å². The van der Waals surface area contributed by atoms with Crippen molar-refractivity contribution in [1.82, 2.24) is 4.90 Å². The third-order valence-corrected chi connectivity index (χ3v) is 7.04. The molecule has 2 aromatic rings. The van der Waals surface area contributed by atoms with Crippen molar-refractivity contribution in [2.24, 2.45) is 0 Å². The molecule has 27 heavy (non-hydrogen) atoms. The minimum absolute atomic E-state index is 0.0452. The van der Waals surface area contributed by atoms with Crippen LogP contribution in [0.3, 0.4) is 0 Å². The van der Waals surface area contributed by atoms with Crippen LogP contribution in [0.2, 0.25) is 0 Å². The lowest BCUT2D eigenvalue weighted by atomic mass is 10.1. The first kappa shape index (κ1) is 18.0. The number of amides is 2. The van der Waals surface area contributed by atoms with Crippen molar-refractivity contribution in [2.45, 2.75) is 32.5 Å². The van der Waals surface area contributed by atoms with Crippen LogP contribution in [0, 0.1) is 19.7 Å². The number of hydrogen-bond donors (Lipinski definition) is 0. The number of hydrogen-bond acceptors (Lipinski definition) is 3. The Morgan fingerprint density at radius 3 is 2.56 bits per heavy atom. The Bertz CT molecular complexity index is 1020. The number of rotatable bonds is 3. The molecule has 5 nitrogen and oxygen atoms in total. The third-order valence-electron chi connectivity index (χ3n) is 5.34. The van der Waals surface area contributed by atoms with Crippen molar-refractivity contribution in [3.8, 4) is 0 Å². The number of benzene rings is 2. The standard InChI is InChI=1S/C20H21FN2O3S/c1-13-6-7-14(2)17(8-13)23-19-12-27(25,26)11-18(19)22(20(23)24)10-15-4-3-5-16(21)9-15/h3-9,18-19H,10-12H2,1-2H3/t18-,19-/m0/s1. The predicted molar refractivity (Wildman–Crippen MR) is 102 cm³/mol. The van der Waals surface area contributed by atoms with Crippen molar-refractivity contribution >= 4 is 21.6 Å². The molecule has 0 N–H and O–H groups in total. The molecule has 2 aliphatic heterocycles. The fourth-order valence-electron chi connectivity index (χ4n) is 4.05. The van der Waals surface area contributed by atoms with Crippen molar-refractivity contribution in [2.75, 3.05) is 16.4 Å². The van der Waals surface area contributed by atoms with Crippen LogP contribution < -0.4 is 4.90 Å². The van der Waals surface area contributed by atoms with Crippen LogP contribution in [0.25, 0.3) is 0 Å². The second kappa shape index (κ2) is 6.34. The largest absolute Gasteiger partial charge is 0.325 e. The molecule has 0 bridgehead atoms. The van der Waals surface area contributed by atoms with Gasteiger partial charge in [0.2, 0.25) is 0 Å². The summed E-state index contributed by atoms with van der Waals surface area (Å²) in [5.41, 5.74) is 3.32. The van der Waals surface area contributed by atoms with Crippen LogP contribution >= 0.6 is 0 Å². The number of carbonyl (C=O) groups is 1. The summed E-state index contributed by atoms with van der Waals surface area (Å²) in [7, 11) is -3.24. The number of anilines is 1. The molecule has 0 radical (unpaired) electrons. The third kappa shape index (κ3) is 3.20. The zero-order valence-electron chi connectivity index (χ0n) is 15.2. The molecule has 2 fully saturated rings. The Balaban J connectivity index is 1.75. The Morgan fingerprint density at radius 2 is 1.81 bits per heavy atom. The van der Waals surface area contributed by atoms with E-state index in [2.05, 4.69) is 0 Å². The first-order chi connectivity index (χ1) is 12.7. The van der Waals surface area contributed by atoms with Gasteiger partial charge in [-0.25, -0.2) is 17.6 Å². The average Bonchev–Trinajstić information content (AvgIpc) is 3.01. The summed E-state index contributed by atoms with van der Waals surface area (Å²) in [4.78, 5) is 16.4. The van der Waals surface area contributed by atoms with Gasteiger partial charge in [0.25, 0.3) is 0 Å². The molecule has 2 aliphatic rings. The lowest BCUT2D eigenvalue weighted by molar-refractivity contribution is 0.205. The van der Waals surface area contributed by atoms with E-state index in [1.165, 1.54) is 12.1 Å². The van der Waals surface area contributed by atoms with E-state index in [9.17, 15) is 17.6 Å². The maximum Gasteiger partial charge on any atom is 0.325 e. The van der Waals surface area contributed by atoms with Gasteiger partial charge in [0.15, 0.2) is 9.84 Å². The first-order valence-electron chi connectivity index (χ1n) is 8.87. The van der Waals surface area contributed by atoms with Gasteiger partial charge in [0, 0.05) is 12.2 Å². The minimum Gasteiger partial charge on any atom is -0.314 e. The summed E-state index contributed by atoms with van der Waals surface area (Å²) < 4.78 is 38.2. The maximum atomic E-state index is 13.6. The topological polar surface area (TPSA) is 57.7 Å². The maximum absolute atomic E-state index is 13.6. The van der Waals surface area contributed by atoms with Crippen molar-refractivity contribution in [1.29, 1.82) is 0 Å². The van der Waals surface area contributed by atoms with E-state index in [1.54, 1.807) is 21.9 Å². The van der Waals surface area contributed by atoms with Gasteiger partial charge in [-0.05, 0) is 48.7 Å². The molecule has 2 atom stereocenters. The van der Waals surface area contributed by atoms with Crippen molar-refractivity contribution in [3.05, 3.63) is 65.0 Å². The van der Waals surface area contributed by atoms with Crippen LogP contribution in [0.15, 0.2) is 42.5 Å². The second-order valence-electron chi connectivity index (χ2n) is 7.41. The van der Waals surface area contributed by atoms with Gasteiger partial charge in [0.1, 0.15) is 5.82 Å². The molecule has 0 spiro atoms. The number of halogens is 1. The smallest absolute Gasteiger partial charge is 0.314 e. The monoisotopic (exact) mass is 388 g/mol. The fourth-order valence-corrected chi connectivity index (χ4v) is 6.00. The summed E-state index contributed by atoms with van der Waals surface area (Å²) in [5.74, 6) is -0.475.